The minimum Gasteiger partial charge on any atom is -0.497 e. The van der Waals surface area contributed by atoms with Gasteiger partial charge < -0.3 is 19.7 Å². The maximum absolute atomic E-state index is 9.62. The second-order valence-corrected chi connectivity index (χ2v) is 8.75. The molecule has 7 nitrogen and oxygen atoms in total. The number of nitrogens with zero attached hydrogens (tertiary/aromatic N) is 3. The first-order chi connectivity index (χ1) is 16.6. The molecule has 0 aliphatic rings. The van der Waals surface area contributed by atoms with Crippen LogP contribution in [0.25, 0.3) is 37.7 Å². The zero-order chi connectivity index (χ0) is 23.7. The monoisotopic (exact) mass is 473 g/mol. The van der Waals surface area contributed by atoms with Gasteiger partial charge in [-0.05, 0) is 65.7 Å². The van der Waals surface area contributed by atoms with Gasteiger partial charge in [0.2, 0.25) is 0 Å². The van der Waals surface area contributed by atoms with Crippen LogP contribution >= 0.6 is 11.3 Å². The van der Waals surface area contributed by atoms with E-state index in [-0.39, 0.29) is 13.2 Å². The van der Waals surface area contributed by atoms with Crippen LogP contribution in [0.15, 0.2) is 67.1 Å². The number of aromatic nitrogens is 3. The van der Waals surface area contributed by atoms with E-state index in [1.165, 1.54) is 0 Å². The Labute approximate surface area is 200 Å². The highest BCUT2D eigenvalue weighted by Gasteiger charge is 2.14. The van der Waals surface area contributed by atoms with Crippen LogP contribution in [0, 0.1) is 0 Å². The van der Waals surface area contributed by atoms with Gasteiger partial charge in [0.25, 0.3) is 0 Å². The molecule has 0 fully saturated rings. The zero-order valence-electron chi connectivity index (χ0n) is 18.7. The Balaban J connectivity index is 1.51. The Kier molecular flexibility index (Phi) is 6.02. The fourth-order valence-electron chi connectivity index (χ4n) is 3.92. The van der Waals surface area contributed by atoms with Crippen LogP contribution in [0.5, 0.6) is 11.5 Å². The second-order valence-electron chi connectivity index (χ2n) is 7.75. The molecule has 0 saturated carbocycles. The van der Waals surface area contributed by atoms with E-state index in [9.17, 15) is 10.2 Å². The van der Waals surface area contributed by atoms with Crippen LogP contribution in [0.1, 0.15) is 11.1 Å². The maximum atomic E-state index is 9.62. The van der Waals surface area contributed by atoms with Crippen molar-refractivity contribution in [1.82, 2.24) is 14.5 Å². The molecule has 3 aromatic carbocycles. The lowest BCUT2D eigenvalue weighted by Crippen LogP contribution is -1.97. The van der Waals surface area contributed by atoms with E-state index in [1.807, 2.05) is 59.2 Å². The van der Waals surface area contributed by atoms with Crippen molar-refractivity contribution in [2.24, 2.45) is 0 Å². The summed E-state index contributed by atoms with van der Waals surface area (Å²) >= 11 is 1.56. The Morgan fingerprint density at radius 1 is 0.882 bits per heavy atom. The first kappa shape index (κ1) is 22.1. The Bertz CT molecular complexity index is 1430. The van der Waals surface area contributed by atoms with E-state index >= 15 is 0 Å². The first-order valence-electron chi connectivity index (χ1n) is 10.6. The molecule has 0 amide bonds. The predicted octanol–water partition coefficient (Wildman–Crippen LogP) is 4.82. The molecule has 2 heterocycles. The molecular weight excluding hydrogens is 450 g/mol. The predicted molar refractivity (Wildman–Crippen MR) is 133 cm³/mol. The molecule has 172 valence electrons. The fraction of sp³-hybridized carbons (Fsp3) is 0.154. The molecule has 8 heteroatoms. The van der Waals surface area contributed by atoms with E-state index in [4.69, 9.17) is 14.5 Å². The highest BCUT2D eigenvalue weighted by atomic mass is 32.1. The zero-order valence-corrected chi connectivity index (χ0v) is 19.5. The molecule has 0 saturated heterocycles. The molecule has 2 aromatic heterocycles. The quantitative estimate of drug-likeness (QED) is 0.352. The summed E-state index contributed by atoms with van der Waals surface area (Å²) < 4.78 is 13.8. The third-order valence-corrected chi connectivity index (χ3v) is 6.76. The average Bonchev–Trinajstić information content (AvgIpc) is 3.55. The standard InChI is InChI=1S/C26H23N3O4S/c1-32-21-8-16(13-30)7-19(11-21)23-12-27-15-29(23)20-5-3-18(4-6-20)26-28-22-9-17(14-31)10-24(33-2)25(22)34-26/h3-12,15,30-31H,13-14H2,1-2H3. The van der Waals surface area contributed by atoms with E-state index in [0.29, 0.717) is 11.5 Å². The normalized spacial score (nSPS) is 11.2. The third kappa shape index (κ3) is 4.03. The van der Waals surface area contributed by atoms with Crippen molar-refractivity contribution in [2.75, 3.05) is 14.2 Å². The van der Waals surface area contributed by atoms with E-state index in [1.54, 1.807) is 38.1 Å². The van der Waals surface area contributed by atoms with Gasteiger partial charge in [0, 0.05) is 16.8 Å². The molecule has 0 bridgehead atoms. The summed E-state index contributed by atoms with van der Waals surface area (Å²) in [6.07, 6.45) is 3.56. The Morgan fingerprint density at radius 3 is 2.35 bits per heavy atom. The van der Waals surface area contributed by atoms with Crippen molar-refractivity contribution in [1.29, 1.82) is 0 Å². The van der Waals surface area contributed by atoms with Crippen molar-refractivity contribution in [3.63, 3.8) is 0 Å². The molecule has 34 heavy (non-hydrogen) atoms. The van der Waals surface area contributed by atoms with Crippen molar-refractivity contribution >= 4 is 21.6 Å². The number of hydrogen-bond acceptors (Lipinski definition) is 7. The molecular formula is C26H23N3O4S. The molecule has 0 spiro atoms. The number of hydrogen-bond donors (Lipinski definition) is 2. The Morgan fingerprint density at radius 2 is 1.65 bits per heavy atom. The lowest BCUT2D eigenvalue weighted by Gasteiger charge is -2.11. The summed E-state index contributed by atoms with van der Waals surface area (Å²) in [4.78, 5) is 9.11. The smallest absolute Gasteiger partial charge is 0.138 e. The van der Waals surface area contributed by atoms with Gasteiger partial charge in [-0.25, -0.2) is 9.97 Å². The van der Waals surface area contributed by atoms with Gasteiger partial charge in [0.05, 0.1) is 55.9 Å². The van der Waals surface area contributed by atoms with E-state index in [2.05, 4.69) is 4.98 Å². The number of rotatable bonds is 7. The van der Waals surface area contributed by atoms with E-state index < -0.39 is 0 Å². The average molecular weight is 474 g/mol. The number of ether oxygens (including phenoxy) is 2. The third-order valence-electron chi connectivity index (χ3n) is 5.63. The number of imidazole rings is 1. The van der Waals surface area contributed by atoms with E-state index in [0.717, 1.165) is 48.9 Å². The lowest BCUT2D eigenvalue weighted by atomic mass is 10.1. The topological polar surface area (TPSA) is 89.6 Å². The van der Waals surface area contributed by atoms with Gasteiger partial charge in [0.1, 0.15) is 16.5 Å². The number of thiazole rings is 1. The molecule has 0 atom stereocenters. The number of aliphatic hydroxyl groups excluding tert-OH is 2. The number of benzene rings is 3. The maximum Gasteiger partial charge on any atom is 0.138 e. The van der Waals surface area contributed by atoms with Crippen LogP contribution in [0.4, 0.5) is 0 Å². The molecule has 0 radical (unpaired) electrons. The molecule has 0 unspecified atom stereocenters. The number of fused-ring (bicyclic) bond motifs is 1. The SMILES string of the molecule is COc1cc(CO)cc(-c2cncn2-c2ccc(-c3nc4cc(CO)cc(OC)c4s3)cc2)c1. The van der Waals surface area contributed by atoms with Crippen LogP contribution in [0.2, 0.25) is 0 Å². The summed E-state index contributed by atoms with van der Waals surface area (Å²) in [7, 11) is 3.23. The van der Waals surface area contributed by atoms with Gasteiger partial charge >= 0.3 is 0 Å². The van der Waals surface area contributed by atoms with Crippen molar-refractivity contribution in [2.45, 2.75) is 13.2 Å². The summed E-state index contributed by atoms with van der Waals surface area (Å²) in [5, 5.41) is 20.0. The fourth-order valence-corrected chi connectivity index (χ4v) is 4.96. The summed E-state index contributed by atoms with van der Waals surface area (Å²) in [6.45, 7) is -0.131. The molecule has 5 aromatic rings. The van der Waals surface area contributed by atoms with Gasteiger partial charge in [-0.2, -0.15) is 0 Å². The van der Waals surface area contributed by atoms with Gasteiger partial charge in [-0.3, -0.25) is 4.57 Å². The molecule has 5 rings (SSSR count). The molecule has 2 N–H and O–H groups in total. The minimum atomic E-state index is -0.0697. The lowest BCUT2D eigenvalue weighted by molar-refractivity contribution is 0.281. The van der Waals surface area contributed by atoms with Crippen LogP contribution in [0.3, 0.4) is 0 Å². The van der Waals surface area contributed by atoms with Crippen molar-refractivity contribution in [3.05, 3.63) is 78.2 Å². The molecule has 0 aliphatic carbocycles. The summed E-state index contributed by atoms with van der Waals surface area (Å²) in [5.41, 5.74) is 6.08. The minimum absolute atomic E-state index is 0.0613. The largest absolute Gasteiger partial charge is 0.497 e. The number of methoxy groups -OCH3 is 2. The highest BCUT2D eigenvalue weighted by Crippen LogP contribution is 2.37. The first-order valence-corrected chi connectivity index (χ1v) is 11.5. The van der Waals surface area contributed by atoms with Crippen molar-refractivity contribution in [3.8, 4) is 39.0 Å². The van der Waals surface area contributed by atoms with Crippen molar-refractivity contribution < 1.29 is 19.7 Å². The van der Waals surface area contributed by atoms with Crippen LogP contribution in [-0.4, -0.2) is 39.0 Å². The van der Waals surface area contributed by atoms with Gasteiger partial charge in [-0.15, -0.1) is 11.3 Å². The molecule has 0 aliphatic heterocycles. The van der Waals surface area contributed by atoms with Crippen LogP contribution in [-0.2, 0) is 13.2 Å². The number of aliphatic hydroxyl groups is 2. The Hall–Kier alpha value is -3.72. The van der Waals surface area contributed by atoms with Crippen LogP contribution < -0.4 is 9.47 Å². The second kappa shape index (κ2) is 9.26. The summed E-state index contributed by atoms with van der Waals surface area (Å²) in [5.74, 6) is 1.39. The summed E-state index contributed by atoms with van der Waals surface area (Å²) in [6, 6.07) is 17.5. The van der Waals surface area contributed by atoms with Gasteiger partial charge in [0.15, 0.2) is 0 Å². The van der Waals surface area contributed by atoms with Gasteiger partial charge in [-0.1, -0.05) is 0 Å². The highest BCUT2D eigenvalue weighted by molar-refractivity contribution is 7.22.